The Morgan fingerprint density at radius 1 is 0.541 bits per heavy atom. The number of likely N-dealkylation sites (tertiary alicyclic amines) is 2. The number of H-pyrrole nitrogens is 2. The van der Waals surface area contributed by atoms with Gasteiger partial charge in [0.15, 0.2) is 11.9 Å². The average molecular weight is 1520 g/mol. The number of nitrogens with zero attached hydrogens (tertiary/aromatic N) is 2. The predicted octanol–water partition coefficient (Wildman–Crippen LogP) is 22.4. The number of rotatable bonds is 16. The molecule has 0 radical (unpaired) electrons. The molecule has 15 nitrogen and oxygen atoms in total. The highest BCUT2D eigenvalue weighted by Gasteiger charge is 2.24. The van der Waals surface area contributed by atoms with E-state index in [0.717, 1.165) is 99.6 Å². The van der Waals surface area contributed by atoms with Gasteiger partial charge in [-0.3, -0.25) is 15.6 Å². The van der Waals surface area contributed by atoms with Gasteiger partial charge in [-0.25, -0.2) is 0 Å². The van der Waals surface area contributed by atoms with E-state index in [9.17, 15) is 4.79 Å². The van der Waals surface area contributed by atoms with Crippen LogP contribution in [0.4, 0.5) is 0 Å². The maximum atomic E-state index is 9.81. The molecule has 0 bridgehead atoms. The normalized spacial score (nSPS) is 14.7. The van der Waals surface area contributed by atoms with Crippen molar-refractivity contribution in [3.05, 3.63) is 150 Å². The lowest BCUT2D eigenvalue weighted by molar-refractivity contribution is -0.137. The quantitative estimate of drug-likeness (QED) is 0.0319. The molecular formula is C94H173N13O2. The molecule has 0 spiro atoms. The number of hydrogen-bond acceptors (Lipinski definition) is 8. The van der Waals surface area contributed by atoms with Gasteiger partial charge in [0, 0.05) is 85.4 Å². The van der Waals surface area contributed by atoms with Crippen molar-refractivity contribution in [1.29, 1.82) is 10.8 Å². The molecule has 4 aromatic carbocycles. The summed E-state index contributed by atoms with van der Waals surface area (Å²) in [4.78, 5) is 20.3. The summed E-state index contributed by atoms with van der Waals surface area (Å²) in [6.45, 7) is 65.9. The molecule has 6 aromatic rings. The van der Waals surface area contributed by atoms with Crippen LogP contribution < -0.4 is 39.7 Å². The Morgan fingerprint density at radius 2 is 1.01 bits per heavy atom. The van der Waals surface area contributed by atoms with Gasteiger partial charge in [0.25, 0.3) is 0 Å². The first kappa shape index (κ1) is 109. The first-order valence-electron chi connectivity index (χ1n) is 42.1. The topological polar surface area (TPSA) is 291 Å². The highest BCUT2D eigenvalue weighted by Crippen LogP contribution is 2.27. The molecule has 109 heavy (non-hydrogen) atoms. The fourth-order valence-corrected chi connectivity index (χ4v) is 10.8. The second-order valence-electron chi connectivity index (χ2n) is 34.0. The zero-order valence-corrected chi connectivity index (χ0v) is 74.9. The number of nitrogens with two attached hydrogens (primary N) is 6. The Hall–Kier alpha value is -6.49. The number of guanidine groups is 2. The minimum Gasteiger partial charge on any atom is -0.481 e. The lowest BCUT2D eigenvalue weighted by Crippen LogP contribution is -2.44. The number of aromatic amines is 2. The lowest BCUT2D eigenvalue weighted by atomic mass is 9.87. The SMILES string of the molecule is CC(C)/C=C\c1ccccc1.CC(C)C.CC(C)C(N)CN.CC(C)C1CCCN(C(=N)N)C1.CC(C)C1CCCN1.CC(C)C1CCN(C(=N)N)CC1.CC(C)CC(=O)O.CC(C)CCN.CC(C)CN.CC(C)Cc1c[nH]c2ccccc12.CC(C)c1c[nH]c2ccccc12.CC(C)c1ccccc1.CCC. The van der Waals surface area contributed by atoms with E-state index >= 15 is 0 Å². The smallest absolute Gasteiger partial charge is 0.303 e. The Bertz CT molecular complexity index is 3050. The molecule has 626 valence electrons. The molecule has 0 aliphatic carbocycles. The number of carboxylic acid groups (broad SMARTS) is 1. The summed E-state index contributed by atoms with van der Waals surface area (Å²) < 4.78 is 0. The zero-order chi connectivity index (χ0) is 84.1. The third kappa shape index (κ3) is 60.9. The predicted molar refractivity (Wildman–Crippen MR) is 486 cm³/mol. The van der Waals surface area contributed by atoms with E-state index in [1.165, 1.54) is 95.6 Å². The molecule has 5 heterocycles. The number of carbonyl (C=O) groups is 1. The highest BCUT2D eigenvalue weighted by atomic mass is 16.4. The molecule has 3 aliphatic heterocycles. The molecule has 2 aromatic heterocycles. The summed E-state index contributed by atoms with van der Waals surface area (Å²) in [6, 6.07) is 38.8. The summed E-state index contributed by atoms with van der Waals surface area (Å²) in [5, 5.41) is 28.9. The van der Waals surface area contributed by atoms with Crippen LogP contribution in [0.25, 0.3) is 27.9 Å². The van der Waals surface area contributed by atoms with Crippen LogP contribution in [-0.4, -0.2) is 107 Å². The van der Waals surface area contributed by atoms with Crippen LogP contribution in [-0.2, 0) is 11.2 Å². The summed E-state index contributed by atoms with van der Waals surface area (Å²) in [6.07, 6.45) is 20.1. The van der Waals surface area contributed by atoms with E-state index in [4.69, 9.17) is 50.3 Å². The number of nitrogens with one attached hydrogen (secondary N) is 5. The van der Waals surface area contributed by atoms with E-state index in [0.29, 0.717) is 42.1 Å². The Labute approximate surface area is 670 Å². The van der Waals surface area contributed by atoms with E-state index in [2.05, 4.69) is 310 Å². The van der Waals surface area contributed by atoms with Crippen molar-refractivity contribution in [3.63, 3.8) is 0 Å². The fourth-order valence-electron chi connectivity index (χ4n) is 10.8. The second kappa shape index (κ2) is 67.2. The van der Waals surface area contributed by atoms with Crippen LogP contribution in [0.2, 0.25) is 0 Å². The lowest BCUT2D eigenvalue weighted by Gasteiger charge is -2.34. The van der Waals surface area contributed by atoms with E-state index in [-0.39, 0.29) is 30.3 Å². The Morgan fingerprint density at radius 3 is 1.34 bits per heavy atom. The number of para-hydroxylation sites is 2. The van der Waals surface area contributed by atoms with Gasteiger partial charge in [0.05, 0.1) is 0 Å². The molecule has 3 aliphatic rings. The van der Waals surface area contributed by atoms with E-state index in [1.54, 1.807) is 0 Å². The van der Waals surface area contributed by atoms with Crippen molar-refractivity contribution >= 4 is 45.8 Å². The van der Waals surface area contributed by atoms with Gasteiger partial charge in [-0.1, -0.05) is 303 Å². The third-order valence-corrected chi connectivity index (χ3v) is 17.9. The molecule has 3 fully saturated rings. The summed E-state index contributed by atoms with van der Waals surface area (Å²) >= 11 is 0. The minimum atomic E-state index is -0.713. The Balaban J connectivity index is -0.000000557. The fraction of sp³-hybridized carbons (Fsp3) is 0.649. The number of fused-ring (bicyclic) bond motifs is 2. The molecule has 3 saturated heterocycles. The molecule has 18 N–H and O–H groups in total. The van der Waals surface area contributed by atoms with Crippen molar-refractivity contribution in [2.24, 2.45) is 105 Å². The van der Waals surface area contributed by atoms with Gasteiger partial charge in [0.2, 0.25) is 0 Å². The zero-order valence-electron chi connectivity index (χ0n) is 74.9. The summed E-state index contributed by atoms with van der Waals surface area (Å²) in [5.41, 5.74) is 40.0. The van der Waals surface area contributed by atoms with Crippen LogP contribution in [0.5, 0.6) is 0 Å². The van der Waals surface area contributed by atoms with Gasteiger partial charge < -0.3 is 64.6 Å². The van der Waals surface area contributed by atoms with Gasteiger partial charge in [-0.15, -0.1) is 0 Å². The first-order chi connectivity index (χ1) is 51.2. The minimum absolute atomic E-state index is 0.181. The van der Waals surface area contributed by atoms with E-state index in [1.807, 2.05) is 35.8 Å². The average Bonchev–Trinajstić information content (AvgIpc) is 1.69. The van der Waals surface area contributed by atoms with Crippen molar-refractivity contribution in [2.45, 2.75) is 275 Å². The first-order valence-corrected chi connectivity index (χ1v) is 42.1. The number of benzene rings is 4. The van der Waals surface area contributed by atoms with Gasteiger partial charge in [-0.05, 0) is 188 Å². The maximum absolute atomic E-state index is 9.81. The molecule has 3 unspecified atom stereocenters. The van der Waals surface area contributed by atoms with Crippen LogP contribution in [0, 0.1) is 81.8 Å². The third-order valence-electron chi connectivity index (χ3n) is 17.9. The van der Waals surface area contributed by atoms with Crippen molar-refractivity contribution < 1.29 is 9.90 Å². The van der Waals surface area contributed by atoms with Crippen molar-refractivity contribution in [2.75, 3.05) is 52.4 Å². The maximum Gasteiger partial charge on any atom is 0.303 e. The van der Waals surface area contributed by atoms with Gasteiger partial charge >= 0.3 is 5.97 Å². The number of hydrogen-bond donors (Lipinski definition) is 12. The molecule has 3 atom stereocenters. The van der Waals surface area contributed by atoms with Crippen molar-refractivity contribution in [1.82, 2.24) is 25.1 Å². The number of allylic oxidation sites excluding steroid dienone is 1. The number of piperidine rings is 2. The number of aromatic nitrogens is 2. The van der Waals surface area contributed by atoms with Gasteiger partial charge in [-0.2, -0.15) is 0 Å². The van der Waals surface area contributed by atoms with Crippen LogP contribution in [0.15, 0.2) is 128 Å². The largest absolute Gasteiger partial charge is 0.481 e. The van der Waals surface area contributed by atoms with Crippen molar-refractivity contribution in [3.8, 4) is 0 Å². The van der Waals surface area contributed by atoms with Crippen LogP contribution >= 0.6 is 0 Å². The number of aliphatic carboxylic acids is 1. The molecule has 9 rings (SSSR count). The number of carboxylic acids is 1. The van der Waals surface area contributed by atoms with E-state index < -0.39 is 5.97 Å². The van der Waals surface area contributed by atoms with Gasteiger partial charge in [0.1, 0.15) is 0 Å². The summed E-state index contributed by atoms with van der Waals surface area (Å²) in [7, 11) is 0. The molecular weight excluding hydrogens is 1340 g/mol. The Kier molecular flexibility index (Phi) is 67.1. The molecule has 0 amide bonds. The second-order valence-corrected chi connectivity index (χ2v) is 34.0. The summed E-state index contributed by atoms with van der Waals surface area (Å²) in [5.74, 6) is 9.31. The highest BCUT2D eigenvalue weighted by molar-refractivity contribution is 5.84. The molecule has 15 heteroatoms. The van der Waals surface area contributed by atoms with Crippen LogP contribution in [0.1, 0.15) is 279 Å². The molecule has 0 saturated carbocycles. The van der Waals surface area contributed by atoms with Crippen LogP contribution in [0.3, 0.4) is 0 Å². The standard InChI is InChI=1S/C12H15N.C11H13N.C11H14.2C9H19N3.C9H12.C7H15N.C5H14N2.C5H13N.C5H10O2.C4H11N.C4H10.C3H8/c1-9(2)7-10-8-13-12-6-4-3-5-11(10)12;1-8(2)10-7-12-11-6-4-3-5-9(10)11;1-10(2)8-9-11-6-4-3-5-7-11;1-7(2)8-3-5-12(6-4-8)9(10)11;1-7(2)8-4-3-5-12(6-8)9(10)11;1-8(2)9-6-4-3-5-7-9;1-6(2)7-4-3-5-8-7;1-4(2)5(7)3-6;1-5(2)3-4-6;1-4(2)3-5(6)7;1-4(2)3-5;1-4(2)3;1-3-2/h3-6,8-9,13H,7H2,1-2H3;3-8,12H,1-2H3;3-10H,1-2H3;2*7-8H,3-6H2,1-2H3,(H3,10,11);3-8H,1-2H3;6-8H,3-5H2,1-2H3;4-5H,3,6-7H2,1-2H3;5H,3-4,6H2,1-2H3;4H,3H2,1-2H3,(H,6,7);4H,3,5H2,1-2H3;4H,1-3H3;3H2,1-2H3/b;;9-8-;;;;;;;;;;. The monoisotopic (exact) mass is 1520 g/mol.